The average molecular weight is 187 g/mol. The summed E-state index contributed by atoms with van der Waals surface area (Å²) in [6, 6.07) is 1.49. The highest BCUT2D eigenvalue weighted by atomic mass is 35.5. The van der Waals surface area contributed by atoms with E-state index < -0.39 is 0 Å². The van der Waals surface area contributed by atoms with Crippen LogP contribution in [0.1, 0.15) is 0 Å². The van der Waals surface area contributed by atoms with E-state index in [0.29, 0.717) is 5.69 Å². The first kappa shape index (κ1) is 8.80. The van der Waals surface area contributed by atoms with E-state index in [4.69, 9.17) is 16.7 Å². The Kier molecular flexibility index (Phi) is 2.88. The van der Waals surface area contributed by atoms with E-state index in [9.17, 15) is 4.79 Å². The van der Waals surface area contributed by atoms with Crippen LogP contribution in [0, 0.1) is 0 Å². The van der Waals surface area contributed by atoms with Crippen LogP contribution in [0.2, 0.25) is 0 Å². The number of nitrogens with one attached hydrogen (secondary N) is 1. The largest absolute Gasteiger partial charge is 0.504 e. The molecule has 1 amide bonds. The molecule has 5 heteroatoms. The lowest BCUT2D eigenvalue weighted by Crippen LogP contribution is -2.12. The summed E-state index contributed by atoms with van der Waals surface area (Å²) in [5.41, 5.74) is 0.315. The summed E-state index contributed by atoms with van der Waals surface area (Å²) in [5, 5.41) is 11.5. The van der Waals surface area contributed by atoms with Crippen molar-refractivity contribution < 1.29 is 9.90 Å². The number of hydrogen-bond donors (Lipinski definition) is 2. The Morgan fingerprint density at radius 2 is 2.50 bits per heavy atom. The number of carbonyl (C=O) groups excluding carboxylic acids is 1. The molecule has 12 heavy (non-hydrogen) atoms. The van der Waals surface area contributed by atoms with Crippen molar-refractivity contribution in [1.82, 2.24) is 4.98 Å². The predicted octanol–water partition coefficient (Wildman–Crippen LogP) is 0.964. The fourth-order valence-corrected chi connectivity index (χ4v) is 0.742. The second-order valence-electron chi connectivity index (χ2n) is 2.07. The zero-order valence-electron chi connectivity index (χ0n) is 6.12. The number of halogens is 1. The first-order chi connectivity index (χ1) is 5.74. The third kappa shape index (κ3) is 2.10. The molecule has 0 unspecified atom stereocenters. The molecule has 64 valence electrons. The molecule has 0 aromatic carbocycles. The summed E-state index contributed by atoms with van der Waals surface area (Å²) in [6.07, 6.45) is 2.70. The molecule has 1 aromatic rings. The van der Waals surface area contributed by atoms with Gasteiger partial charge in [-0.3, -0.25) is 9.78 Å². The minimum atomic E-state index is -0.363. The molecule has 0 aliphatic carbocycles. The van der Waals surface area contributed by atoms with Crippen LogP contribution in [-0.2, 0) is 4.79 Å². The van der Waals surface area contributed by atoms with Crippen LogP contribution >= 0.6 is 11.6 Å². The van der Waals surface area contributed by atoms with Crippen molar-refractivity contribution in [3.63, 3.8) is 0 Å². The van der Waals surface area contributed by atoms with Gasteiger partial charge in [-0.25, -0.2) is 0 Å². The Bertz CT molecular complexity index is 290. The SMILES string of the molecule is O=C(CCl)Nc1ccncc1O. The third-order valence-electron chi connectivity index (χ3n) is 1.20. The van der Waals surface area contributed by atoms with E-state index >= 15 is 0 Å². The molecule has 1 aromatic heterocycles. The molecule has 0 atom stereocenters. The van der Waals surface area contributed by atoms with E-state index in [1.807, 2.05) is 0 Å². The quantitative estimate of drug-likeness (QED) is 0.677. The van der Waals surface area contributed by atoms with Gasteiger partial charge in [0.25, 0.3) is 0 Å². The highest BCUT2D eigenvalue weighted by Gasteiger charge is 2.03. The molecule has 1 rings (SSSR count). The highest BCUT2D eigenvalue weighted by molar-refractivity contribution is 6.29. The van der Waals surface area contributed by atoms with Crippen LogP contribution < -0.4 is 5.32 Å². The van der Waals surface area contributed by atoms with E-state index in [-0.39, 0.29) is 17.5 Å². The van der Waals surface area contributed by atoms with Crippen molar-refractivity contribution in [2.75, 3.05) is 11.2 Å². The van der Waals surface area contributed by atoms with Gasteiger partial charge in [-0.15, -0.1) is 11.6 Å². The number of anilines is 1. The maximum atomic E-state index is 10.8. The molecule has 0 saturated heterocycles. The molecule has 0 radical (unpaired) electrons. The lowest BCUT2D eigenvalue weighted by atomic mass is 10.4. The Balaban J connectivity index is 2.75. The Morgan fingerprint density at radius 3 is 3.08 bits per heavy atom. The van der Waals surface area contributed by atoms with Gasteiger partial charge in [0.1, 0.15) is 5.88 Å². The fraction of sp³-hybridized carbons (Fsp3) is 0.143. The molecule has 0 aliphatic rings. The maximum Gasteiger partial charge on any atom is 0.239 e. The second kappa shape index (κ2) is 3.92. The molecule has 1 heterocycles. The number of alkyl halides is 1. The first-order valence-corrected chi connectivity index (χ1v) is 3.76. The molecule has 4 nitrogen and oxygen atoms in total. The molecular formula is C7H7ClN2O2. The standard InChI is InChI=1S/C7H7ClN2O2/c8-3-7(12)10-5-1-2-9-4-6(5)11/h1-2,4,11H,3H2,(H,9,10,12). The monoisotopic (exact) mass is 186 g/mol. The van der Waals surface area contributed by atoms with Crippen LogP contribution in [0.5, 0.6) is 5.75 Å². The van der Waals surface area contributed by atoms with E-state index in [0.717, 1.165) is 0 Å². The number of pyridine rings is 1. The van der Waals surface area contributed by atoms with E-state index in [2.05, 4.69) is 10.3 Å². The van der Waals surface area contributed by atoms with Gasteiger partial charge in [0.15, 0.2) is 5.75 Å². The van der Waals surface area contributed by atoms with Crippen molar-refractivity contribution >= 4 is 23.2 Å². The van der Waals surface area contributed by atoms with Crippen molar-refractivity contribution in [1.29, 1.82) is 0 Å². The number of aromatic hydroxyl groups is 1. The Morgan fingerprint density at radius 1 is 1.75 bits per heavy atom. The zero-order valence-corrected chi connectivity index (χ0v) is 6.88. The smallest absolute Gasteiger partial charge is 0.239 e. The minimum absolute atomic E-state index is 0.0732. The lowest BCUT2D eigenvalue weighted by molar-refractivity contribution is -0.113. The van der Waals surface area contributed by atoms with Crippen LogP contribution in [-0.4, -0.2) is 21.9 Å². The molecule has 0 aliphatic heterocycles. The summed E-state index contributed by atoms with van der Waals surface area (Å²) in [4.78, 5) is 14.4. The van der Waals surface area contributed by atoms with Crippen LogP contribution in [0.3, 0.4) is 0 Å². The van der Waals surface area contributed by atoms with Gasteiger partial charge in [0.2, 0.25) is 5.91 Å². The summed E-state index contributed by atoms with van der Waals surface area (Å²) in [6.45, 7) is 0. The van der Waals surface area contributed by atoms with Crippen molar-refractivity contribution in [3.8, 4) is 5.75 Å². The highest BCUT2D eigenvalue weighted by Crippen LogP contribution is 2.19. The first-order valence-electron chi connectivity index (χ1n) is 3.23. The number of hydrogen-bond acceptors (Lipinski definition) is 3. The molecule has 0 fully saturated rings. The lowest BCUT2D eigenvalue weighted by Gasteiger charge is -2.03. The van der Waals surface area contributed by atoms with Gasteiger partial charge in [-0.05, 0) is 6.07 Å². The predicted molar refractivity (Wildman–Crippen MR) is 45.3 cm³/mol. The number of amides is 1. The average Bonchev–Trinajstić information content (AvgIpc) is 2.09. The third-order valence-corrected chi connectivity index (χ3v) is 1.44. The number of nitrogens with zero attached hydrogens (tertiary/aromatic N) is 1. The Labute approximate surface area is 74.2 Å². The zero-order chi connectivity index (χ0) is 8.97. The number of aromatic nitrogens is 1. The summed E-state index contributed by atoms with van der Waals surface area (Å²) in [5.74, 6) is -0.573. The van der Waals surface area contributed by atoms with Gasteiger partial charge in [-0.1, -0.05) is 0 Å². The Hall–Kier alpha value is -1.29. The van der Waals surface area contributed by atoms with Crippen LogP contribution in [0.15, 0.2) is 18.5 Å². The fourth-order valence-electron chi connectivity index (χ4n) is 0.675. The van der Waals surface area contributed by atoms with Crippen molar-refractivity contribution in [2.45, 2.75) is 0 Å². The van der Waals surface area contributed by atoms with Crippen molar-refractivity contribution in [3.05, 3.63) is 18.5 Å². The summed E-state index contributed by atoms with van der Waals surface area (Å²) in [7, 11) is 0. The van der Waals surface area contributed by atoms with Gasteiger partial charge in [0.05, 0.1) is 11.9 Å². The van der Waals surface area contributed by atoms with Gasteiger partial charge < -0.3 is 10.4 Å². The topological polar surface area (TPSA) is 62.2 Å². The molecule has 0 bridgehead atoms. The van der Waals surface area contributed by atoms with E-state index in [1.165, 1.54) is 18.5 Å². The van der Waals surface area contributed by atoms with Crippen LogP contribution in [0.25, 0.3) is 0 Å². The van der Waals surface area contributed by atoms with Crippen molar-refractivity contribution in [2.24, 2.45) is 0 Å². The number of rotatable bonds is 2. The second-order valence-corrected chi connectivity index (χ2v) is 2.34. The summed E-state index contributed by atoms with van der Waals surface area (Å²) >= 11 is 5.24. The van der Waals surface area contributed by atoms with Gasteiger partial charge >= 0.3 is 0 Å². The van der Waals surface area contributed by atoms with Gasteiger partial charge in [0, 0.05) is 6.20 Å². The maximum absolute atomic E-state index is 10.8. The van der Waals surface area contributed by atoms with E-state index in [1.54, 1.807) is 0 Å². The number of carbonyl (C=O) groups is 1. The minimum Gasteiger partial charge on any atom is -0.504 e. The van der Waals surface area contributed by atoms with Crippen LogP contribution in [0.4, 0.5) is 5.69 Å². The molecule has 0 saturated carbocycles. The molecule has 0 spiro atoms. The normalized spacial score (nSPS) is 9.42. The van der Waals surface area contributed by atoms with Gasteiger partial charge in [-0.2, -0.15) is 0 Å². The summed E-state index contributed by atoms with van der Waals surface area (Å²) < 4.78 is 0. The molecular weight excluding hydrogens is 180 g/mol. The molecule has 2 N–H and O–H groups in total.